The molecular formula is C13H19F3N2O2. The molecule has 0 bridgehead atoms. The second-order valence-corrected chi connectivity index (χ2v) is 5.12. The van der Waals surface area contributed by atoms with Gasteiger partial charge in [-0.2, -0.15) is 13.2 Å². The Morgan fingerprint density at radius 2 is 2.25 bits per heavy atom. The van der Waals surface area contributed by atoms with E-state index in [2.05, 4.69) is 5.32 Å². The molecule has 0 aromatic carbocycles. The SMILES string of the molecule is O=C(NC(CC1CCCO1)C(F)(F)F)N1CC=CCC1. The van der Waals surface area contributed by atoms with Crippen molar-refractivity contribution in [3.05, 3.63) is 12.2 Å². The molecule has 114 valence electrons. The van der Waals surface area contributed by atoms with Gasteiger partial charge < -0.3 is 15.0 Å². The maximum atomic E-state index is 13.0. The molecule has 0 aromatic rings. The van der Waals surface area contributed by atoms with E-state index >= 15 is 0 Å². The molecule has 4 nitrogen and oxygen atoms in total. The Hall–Kier alpha value is -1.24. The number of alkyl halides is 3. The summed E-state index contributed by atoms with van der Waals surface area (Å²) in [5, 5.41) is 2.10. The van der Waals surface area contributed by atoms with Gasteiger partial charge in [-0.1, -0.05) is 12.2 Å². The van der Waals surface area contributed by atoms with Crippen LogP contribution in [0.1, 0.15) is 25.7 Å². The average molecular weight is 292 g/mol. The summed E-state index contributed by atoms with van der Waals surface area (Å²) in [6, 6.07) is -2.50. The first-order valence-electron chi connectivity index (χ1n) is 6.85. The molecule has 0 saturated carbocycles. The summed E-state index contributed by atoms with van der Waals surface area (Å²) in [5.74, 6) is 0. The number of amides is 2. The largest absolute Gasteiger partial charge is 0.408 e. The molecular weight excluding hydrogens is 273 g/mol. The third-order valence-electron chi connectivity index (χ3n) is 3.56. The fourth-order valence-corrected chi connectivity index (χ4v) is 2.43. The van der Waals surface area contributed by atoms with Gasteiger partial charge in [-0.25, -0.2) is 4.79 Å². The van der Waals surface area contributed by atoms with Crippen molar-refractivity contribution in [2.75, 3.05) is 19.7 Å². The summed E-state index contributed by atoms with van der Waals surface area (Å²) >= 11 is 0. The summed E-state index contributed by atoms with van der Waals surface area (Å²) < 4.78 is 44.2. The molecule has 1 N–H and O–H groups in total. The van der Waals surface area contributed by atoms with Crippen LogP contribution in [0.4, 0.5) is 18.0 Å². The quantitative estimate of drug-likeness (QED) is 0.812. The normalized spacial score (nSPS) is 24.8. The Labute approximate surface area is 115 Å². The molecule has 0 spiro atoms. The number of rotatable bonds is 3. The lowest BCUT2D eigenvalue weighted by Gasteiger charge is -2.29. The summed E-state index contributed by atoms with van der Waals surface area (Å²) in [4.78, 5) is 13.3. The molecule has 0 aliphatic carbocycles. The summed E-state index contributed by atoms with van der Waals surface area (Å²) in [6.07, 6.45) is 0.698. The van der Waals surface area contributed by atoms with Crippen molar-refractivity contribution in [3.63, 3.8) is 0 Å². The predicted octanol–water partition coefficient (Wildman–Crippen LogP) is 2.46. The highest BCUT2D eigenvalue weighted by Gasteiger charge is 2.43. The van der Waals surface area contributed by atoms with E-state index in [-0.39, 0.29) is 6.42 Å². The Kier molecular flexibility index (Phi) is 4.91. The Morgan fingerprint density at radius 1 is 1.45 bits per heavy atom. The molecule has 2 atom stereocenters. The molecule has 2 rings (SSSR count). The van der Waals surface area contributed by atoms with Crippen LogP contribution >= 0.6 is 0 Å². The Balaban J connectivity index is 1.92. The van der Waals surface area contributed by atoms with E-state index in [1.54, 1.807) is 6.08 Å². The highest BCUT2D eigenvalue weighted by atomic mass is 19.4. The minimum absolute atomic E-state index is 0.209. The van der Waals surface area contributed by atoms with Gasteiger partial charge >= 0.3 is 12.2 Å². The number of urea groups is 1. The van der Waals surface area contributed by atoms with Crippen molar-refractivity contribution in [1.29, 1.82) is 0 Å². The van der Waals surface area contributed by atoms with Crippen LogP contribution in [0.3, 0.4) is 0 Å². The standard InChI is InChI=1S/C13H19F3N2O2/c14-13(15,16)11(9-10-5-4-8-20-10)17-12(19)18-6-2-1-3-7-18/h1-2,10-11H,3-9H2,(H,17,19). The Morgan fingerprint density at radius 3 is 2.80 bits per heavy atom. The molecule has 2 heterocycles. The zero-order chi connectivity index (χ0) is 14.6. The van der Waals surface area contributed by atoms with Crippen molar-refractivity contribution < 1.29 is 22.7 Å². The lowest BCUT2D eigenvalue weighted by atomic mass is 10.1. The predicted molar refractivity (Wildman–Crippen MR) is 67.3 cm³/mol. The van der Waals surface area contributed by atoms with E-state index in [1.807, 2.05) is 6.08 Å². The van der Waals surface area contributed by atoms with Crippen LogP contribution in [-0.2, 0) is 4.74 Å². The van der Waals surface area contributed by atoms with Gasteiger partial charge in [0.25, 0.3) is 0 Å². The zero-order valence-electron chi connectivity index (χ0n) is 11.2. The monoisotopic (exact) mass is 292 g/mol. The van der Waals surface area contributed by atoms with Crippen LogP contribution < -0.4 is 5.32 Å². The maximum absolute atomic E-state index is 13.0. The minimum atomic E-state index is -4.45. The first-order chi connectivity index (χ1) is 9.47. The zero-order valence-corrected chi connectivity index (χ0v) is 11.2. The topological polar surface area (TPSA) is 41.6 Å². The molecule has 2 unspecified atom stereocenters. The number of ether oxygens (including phenoxy) is 1. The van der Waals surface area contributed by atoms with E-state index in [1.165, 1.54) is 4.90 Å². The van der Waals surface area contributed by atoms with Gasteiger partial charge in [-0.05, 0) is 19.3 Å². The summed E-state index contributed by atoms with van der Waals surface area (Å²) in [6.45, 7) is 1.31. The number of carbonyl (C=O) groups excluding carboxylic acids is 1. The van der Waals surface area contributed by atoms with E-state index in [0.29, 0.717) is 32.5 Å². The molecule has 1 fully saturated rings. The van der Waals surface area contributed by atoms with Crippen molar-refractivity contribution in [1.82, 2.24) is 10.2 Å². The third-order valence-corrected chi connectivity index (χ3v) is 3.56. The van der Waals surface area contributed by atoms with Crippen molar-refractivity contribution >= 4 is 6.03 Å². The van der Waals surface area contributed by atoms with E-state index < -0.39 is 24.4 Å². The van der Waals surface area contributed by atoms with E-state index in [4.69, 9.17) is 4.74 Å². The minimum Gasteiger partial charge on any atom is -0.378 e. The van der Waals surface area contributed by atoms with E-state index in [9.17, 15) is 18.0 Å². The highest BCUT2D eigenvalue weighted by Crippen LogP contribution is 2.27. The van der Waals surface area contributed by atoms with Crippen molar-refractivity contribution in [3.8, 4) is 0 Å². The highest BCUT2D eigenvalue weighted by molar-refractivity contribution is 5.75. The number of nitrogens with zero attached hydrogens (tertiary/aromatic N) is 1. The molecule has 7 heteroatoms. The smallest absolute Gasteiger partial charge is 0.378 e. The number of nitrogens with one attached hydrogen (secondary N) is 1. The van der Waals surface area contributed by atoms with Crippen LogP contribution in [0.2, 0.25) is 0 Å². The molecule has 2 aliphatic heterocycles. The fraction of sp³-hybridized carbons (Fsp3) is 0.769. The number of halogens is 3. The Bertz CT molecular complexity index is 365. The van der Waals surface area contributed by atoms with Crippen molar-refractivity contribution in [2.24, 2.45) is 0 Å². The first kappa shape index (κ1) is 15.2. The van der Waals surface area contributed by atoms with Gasteiger partial charge in [0.15, 0.2) is 0 Å². The molecule has 0 aromatic heterocycles. The second kappa shape index (κ2) is 6.47. The molecule has 2 aliphatic rings. The van der Waals surface area contributed by atoms with Gasteiger partial charge in [0.05, 0.1) is 6.10 Å². The average Bonchev–Trinajstić information content (AvgIpc) is 2.91. The molecule has 0 radical (unpaired) electrons. The van der Waals surface area contributed by atoms with Crippen LogP contribution in [0, 0.1) is 0 Å². The lowest BCUT2D eigenvalue weighted by Crippen LogP contribution is -2.52. The van der Waals surface area contributed by atoms with Crippen LogP contribution in [-0.4, -0.2) is 48.9 Å². The second-order valence-electron chi connectivity index (χ2n) is 5.12. The lowest BCUT2D eigenvalue weighted by molar-refractivity contribution is -0.160. The van der Waals surface area contributed by atoms with Crippen molar-refractivity contribution in [2.45, 2.75) is 44.0 Å². The van der Waals surface area contributed by atoms with Gasteiger partial charge in [0.2, 0.25) is 0 Å². The number of carbonyl (C=O) groups is 1. The third kappa shape index (κ3) is 4.13. The van der Waals surface area contributed by atoms with Crippen LogP contribution in [0.15, 0.2) is 12.2 Å². The number of hydrogen-bond acceptors (Lipinski definition) is 2. The van der Waals surface area contributed by atoms with E-state index in [0.717, 1.165) is 6.42 Å². The van der Waals surface area contributed by atoms with Gasteiger partial charge in [-0.3, -0.25) is 0 Å². The van der Waals surface area contributed by atoms with Gasteiger partial charge in [0.1, 0.15) is 6.04 Å². The molecule has 1 saturated heterocycles. The fourth-order valence-electron chi connectivity index (χ4n) is 2.43. The molecule has 20 heavy (non-hydrogen) atoms. The van der Waals surface area contributed by atoms with Crippen LogP contribution in [0.5, 0.6) is 0 Å². The first-order valence-corrected chi connectivity index (χ1v) is 6.85. The molecule has 2 amide bonds. The maximum Gasteiger partial charge on any atom is 0.408 e. The summed E-state index contributed by atoms with van der Waals surface area (Å²) in [5.41, 5.74) is 0. The van der Waals surface area contributed by atoms with Gasteiger partial charge in [0, 0.05) is 26.1 Å². The summed E-state index contributed by atoms with van der Waals surface area (Å²) in [7, 11) is 0. The van der Waals surface area contributed by atoms with Gasteiger partial charge in [-0.15, -0.1) is 0 Å². The van der Waals surface area contributed by atoms with Crippen LogP contribution in [0.25, 0.3) is 0 Å². The number of hydrogen-bond donors (Lipinski definition) is 1.